The van der Waals surface area contributed by atoms with E-state index in [2.05, 4.69) is 4.42 Å². The van der Waals surface area contributed by atoms with Gasteiger partial charge in [0, 0.05) is 12.6 Å². The van der Waals surface area contributed by atoms with Crippen molar-refractivity contribution in [2.24, 2.45) is 0 Å². The third-order valence-electron chi connectivity index (χ3n) is 3.61. The van der Waals surface area contributed by atoms with Crippen LogP contribution in [-0.4, -0.2) is 60.8 Å². The van der Waals surface area contributed by atoms with Crippen molar-refractivity contribution in [3.63, 3.8) is 0 Å². The van der Waals surface area contributed by atoms with Gasteiger partial charge in [0.2, 0.25) is 5.76 Å². The van der Waals surface area contributed by atoms with E-state index in [1.165, 1.54) is 4.90 Å². The fourth-order valence-corrected chi connectivity index (χ4v) is 4.21. The summed E-state index contributed by atoms with van der Waals surface area (Å²) >= 11 is 0. The Morgan fingerprint density at radius 3 is 2.67 bits per heavy atom. The highest BCUT2D eigenvalue weighted by Crippen LogP contribution is 2.19. The van der Waals surface area contributed by atoms with E-state index < -0.39 is 45.2 Å². The monoisotopic (exact) mass is 360 g/mol. The van der Waals surface area contributed by atoms with Gasteiger partial charge in [-0.25, -0.2) is 13.2 Å². The lowest BCUT2D eigenvalue weighted by Gasteiger charge is -2.26. The molecule has 1 aromatic heterocycles. The smallest absolute Gasteiger partial charge is 0.433 e. The Labute approximate surface area is 137 Å². The van der Waals surface area contributed by atoms with Crippen LogP contribution in [0.2, 0.25) is 0 Å². The van der Waals surface area contributed by atoms with Crippen LogP contribution in [0, 0.1) is 10.1 Å². The van der Waals surface area contributed by atoms with Crippen LogP contribution >= 0.6 is 0 Å². The molecule has 0 saturated carbocycles. The first-order valence-electron chi connectivity index (χ1n) is 7.14. The molecule has 11 heteroatoms. The lowest BCUT2D eigenvalue weighted by Crippen LogP contribution is -2.43. The van der Waals surface area contributed by atoms with Crippen molar-refractivity contribution >= 4 is 27.6 Å². The Hall–Kier alpha value is -2.43. The SMILES string of the molecule is CCN(C(=O)COC(=O)c1ccc([N+](=O)[O-])o1)[C@@H]1CCS(=O)(=O)C1. The summed E-state index contributed by atoms with van der Waals surface area (Å²) in [5.41, 5.74) is 0. The average molecular weight is 360 g/mol. The molecule has 0 bridgehead atoms. The largest absolute Gasteiger partial charge is 0.450 e. The number of nitro groups is 1. The molecule has 1 aromatic rings. The Morgan fingerprint density at radius 2 is 2.17 bits per heavy atom. The zero-order valence-electron chi connectivity index (χ0n) is 12.8. The van der Waals surface area contributed by atoms with Crippen molar-refractivity contribution in [3.05, 3.63) is 28.0 Å². The predicted molar refractivity (Wildman–Crippen MR) is 80.1 cm³/mol. The van der Waals surface area contributed by atoms with Gasteiger partial charge in [-0.1, -0.05) is 0 Å². The van der Waals surface area contributed by atoms with Gasteiger partial charge in [-0.15, -0.1) is 0 Å². The molecule has 2 heterocycles. The van der Waals surface area contributed by atoms with E-state index in [0.29, 0.717) is 6.42 Å². The van der Waals surface area contributed by atoms with E-state index in [-0.39, 0.29) is 23.8 Å². The predicted octanol–water partition coefficient (Wildman–Crippen LogP) is 0.380. The first-order valence-corrected chi connectivity index (χ1v) is 8.97. The van der Waals surface area contributed by atoms with E-state index in [0.717, 1.165) is 12.1 Å². The quantitative estimate of drug-likeness (QED) is 0.403. The first-order chi connectivity index (χ1) is 11.2. The van der Waals surface area contributed by atoms with Crippen LogP contribution in [0.5, 0.6) is 0 Å². The average Bonchev–Trinajstić information content (AvgIpc) is 3.12. The minimum absolute atomic E-state index is 0.0251. The summed E-state index contributed by atoms with van der Waals surface area (Å²) in [6.07, 6.45) is 0.347. The van der Waals surface area contributed by atoms with Crippen molar-refractivity contribution in [3.8, 4) is 0 Å². The maximum absolute atomic E-state index is 12.1. The fraction of sp³-hybridized carbons (Fsp3) is 0.538. The number of hydrogen-bond acceptors (Lipinski definition) is 8. The number of esters is 1. The van der Waals surface area contributed by atoms with Crippen LogP contribution in [0.1, 0.15) is 23.9 Å². The molecule has 132 valence electrons. The number of sulfone groups is 1. The van der Waals surface area contributed by atoms with Crippen LogP contribution in [0.25, 0.3) is 0 Å². The van der Waals surface area contributed by atoms with Gasteiger partial charge in [0.25, 0.3) is 5.91 Å². The number of rotatable bonds is 6. The van der Waals surface area contributed by atoms with Crippen molar-refractivity contribution in [1.82, 2.24) is 4.90 Å². The summed E-state index contributed by atoms with van der Waals surface area (Å²) in [6, 6.07) is 1.64. The van der Waals surface area contributed by atoms with Gasteiger partial charge >= 0.3 is 11.9 Å². The Kier molecular flexibility index (Phi) is 5.22. The van der Waals surface area contributed by atoms with Gasteiger partial charge in [-0.2, -0.15) is 0 Å². The number of carbonyl (C=O) groups excluding carboxylic acids is 2. The normalized spacial score (nSPS) is 19.0. The molecule has 1 aliphatic heterocycles. The Morgan fingerprint density at radius 1 is 1.46 bits per heavy atom. The molecule has 0 unspecified atom stereocenters. The van der Waals surface area contributed by atoms with E-state index in [4.69, 9.17) is 4.74 Å². The minimum atomic E-state index is -3.14. The number of ether oxygens (including phenoxy) is 1. The lowest BCUT2D eigenvalue weighted by molar-refractivity contribution is -0.402. The standard InChI is InChI=1S/C13H16N2O8S/c1-2-14(9-5-6-24(20,21)8-9)11(16)7-22-13(17)10-3-4-12(23-10)15(18)19/h3-4,9H,2,5-8H2,1H3/t9-/m1/s1. The summed E-state index contributed by atoms with van der Waals surface area (Å²) in [6.45, 7) is 1.38. The highest BCUT2D eigenvalue weighted by Gasteiger charge is 2.34. The number of hydrogen-bond donors (Lipinski definition) is 0. The van der Waals surface area contributed by atoms with Crippen molar-refractivity contribution < 1.29 is 32.1 Å². The zero-order chi connectivity index (χ0) is 17.9. The lowest BCUT2D eigenvalue weighted by atomic mass is 10.2. The third kappa shape index (κ3) is 4.10. The maximum Gasteiger partial charge on any atom is 0.433 e. The Balaban J connectivity index is 1.93. The molecular formula is C13H16N2O8S. The topological polar surface area (TPSA) is 137 Å². The third-order valence-corrected chi connectivity index (χ3v) is 5.36. The van der Waals surface area contributed by atoms with Gasteiger partial charge in [0.15, 0.2) is 16.4 Å². The first kappa shape index (κ1) is 17.9. The molecule has 1 aliphatic rings. The van der Waals surface area contributed by atoms with E-state index in [1.54, 1.807) is 6.92 Å². The van der Waals surface area contributed by atoms with E-state index in [1.807, 2.05) is 0 Å². The molecule has 0 aromatic carbocycles. The molecule has 1 atom stereocenters. The number of nitrogens with zero attached hydrogens (tertiary/aromatic N) is 2. The van der Waals surface area contributed by atoms with Gasteiger partial charge in [-0.3, -0.25) is 14.9 Å². The summed E-state index contributed by atoms with van der Waals surface area (Å²) < 4.78 is 32.5. The molecule has 1 saturated heterocycles. The maximum atomic E-state index is 12.1. The minimum Gasteiger partial charge on any atom is -0.450 e. The van der Waals surface area contributed by atoms with Crippen molar-refractivity contribution in [2.75, 3.05) is 24.7 Å². The second-order valence-electron chi connectivity index (χ2n) is 5.21. The molecule has 1 fully saturated rings. The second-order valence-corrected chi connectivity index (χ2v) is 7.44. The molecule has 0 N–H and O–H groups in total. The summed E-state index contributed by atoms with van der Waals surface area (Å²) in [4.78, 5) is 34.9. The van der Waals surface area contributed by atoms with Crippen LogP contribution in [0.3, 0.4) is 0 Å². The highest BCUT2D eigenvalue weighted by atomic mass is 32.2. The highest BCUT2D eigenvalue weighted by molar-refractivity contribution is 7.91. The van der Waals surface area contributed by atoms with Crippen LogP contribution in [-0.2, 0) is 19.4 Å². The van der Waals surface area contributed by atoms with Crippen LogP contribution < -0.4 is 0 Å². The van der Waals surface area contributed by atoms with Gasteiger partial charge < -0.3 is 14.1 Å². The van der Waals surface area contributed by atoms with Gasteiger partial charge in [0.1, 0.15) is 4.92 Å². The van der Waals surface area contributed by atoms with Crippen molar-refractivity contribution in [2.45, 2.75) is 19.4 Å². The van der Waals surface area contributed by atoms with Gasteiger partial charge in [0.05, 0.1) is 17.6 Å². The number of furan rings is 1. The molecular weight excluding hydrogens is 344 g/mol. The van der Waals surface area contributed by atoms with Crippen LogP contribution in [0.4, 0.5) is 5.88 Å². The summed E-state index contributed by atoms with van der Waals surface area (Å²) in [5, 5.41) is 10.5. The summed E-state index contributed by atoms with van der Waals surface area (Å²) in [7, 11) is -3.14. The van der Waals surface area contributed by atoms with E-state index >= 15 is 0 Å². The summed E-state index contributed by atoms with van der Waals surface area (Å²) in [5.74, 6) is -2.62. The van der Waals surface area contributed by atoms with Crippen LogP contribution in [0.15, 0.2) is 16.5 Å². The number of likely N-dealkylation sites (N-methyl/N-ethyl adjacent to an activating group) is 1. The molecule has 0 aliphatic carbocycles. The van der Waals surface area contributed by atoms with Crippen molar-refractivity contribution in [1.29, 1.82) is 0 Å². The number of amides is 1. The molecule has 2 rings (SSSR count). The molecule has 1 amide bonds. The molecule has 10 nitrogen and oxygen atoms in total. The molecule has 24 heavy (non-hydrogen) atoms. The van der Waals surface area contributed by atoms with Gasteiger partial charge in [-0.05, 0) is 19.4 Å². The molecule has 0 radical (unpaired) electrons. The Bertz CT molecular complexity index is 754. The van der Waals surface area contributed by atoms with E-state index in [9.17, 15) is 28.1 Å². The molecule has 0 spiro atoms. The zero-order valence-corrected chi connectivity index (χ0v) is 13.7. The number of carbonyl (C=O) groups is 2. The fourth-order valence-electron chi connectivity index (χ4n) is 2.48. The second kappa shape index (κ2) is 6.99.